The molecule has 0 amide bonds. The van der Waals surface area contributed by atoms with Gasteiger partial charge in [0.25, 0.3) is 0 Å². The number of rotatable bonds is 20. The van der Waals surface area contributed by atoms with Gasteiger partial charge in [-0.05, 0) is 260 Å². The third-order valence-corrected chi connectivity index (χ3v) is 26.7. The summed E-state index contributed by atoms with van der Waals surface area (Å²) in [5, 5.41) is 10.0. The summed E-state index contributed by atoms with van der Waals surface area (Å²) in [6.45, 7) is 0. The maximum absolute atomic E-state index is 2.36. The third-order valence-electron chi connectivity index (χ3n) is 26.7. The van der Waals surface area contributed by atoms with Crippen molar-refractivity contribution in [2.45, 2.75) is 0 Å². The van der Waals surface area contributed by atoms with Crippen molar-refractivity contribution in [3.63, 3.8) is 0 Å². The second kappa shape index (κ2) is 39.1. The van der Waals surface area contributed by atoms with Gasteiger partial charge in [-0.1, -0.05) is 400 Å². The summed E-state index contributed by atoms with van der Waals surface area (Å²) in [6.07, 6.45) is 0. The topological polar surface area (TPSA) is 22.8 Å². The van der Waals surface area contributed by atoms with E-state index < -0.39 is 0 Å². The number of benzene rings is 23. The van der Waals surface area contributed by atoms with Crippen LogP contribution in [-0.4, -0.2) is 9.13 Å². The highest BCUT2D eigenvalue weighted by atomic mass is 15.2. The predicted octanol–water partition coefficient (Wildman–Crippen LogP) is 37.4. The van der Waals surface area contributed by atoms with Gasteiger partial charge in [-0.25, -0.2) is 0 Å². The molecule has 25 aromatic rings. The van der Waals surface area contributed by atoms with Crippen molar-refractivity contribution in [3.8, 4) is 78.1 Å². The maximum Gasteiger partial charge on any atom is 0.0541 e. The first-order chi connectivity index (χ1) is 69.5. The van der Waals surface area contributed by atoms with E-state index in [9.17, 15) is 0 Å². The molecule has 2 aromatic heterocycles. The summed E-state index contributed by atoms with van der Waals surface area (Å²) in [6, 6.07) is 208. The van der Waals surface area contributed by atoms with E-state index in [2.05, 4.69) is 611 Å². The predicted molar refractivity (Wildman–Crippen MR) is 594 cm³/mol. The Bertz CT molecular complexity index is 8240. The Morgan fingerprint density at radius 2 is 0.271 bits per heavy atom. The summed E-state index contributed by atoms with van der Waals surface area (Å²) < 4.78 is 4.72. The van der Waals surface area contributed by atoms with Crippen molar-refractivity contribution >= 4 is 133 Å². The molecular weight excluding hydrogens is 1690 g/mol. The van der Waals surface area contributed by atoms with Crippen LogP contribution in [0.1, 0.15) is 0 Å². The van der Waals surface area contributed by atoms with Crippen LogP contribution >= 0.6 is 0 Å². The summed E-state index contributed by atoms with van der Waals surface area (Å²) in [5.74, 6) is 0. The average molecular weight is 1790 g/mol. The van der Waals surface area contributed by atoms with Gasteiger partial charge in [0.05, 0.1) is 33.4 Å². The van der Waals surface area contributed by atoms with E-state index in [1.165, 1.54) is 143 Å². The highest BCUT2D eigenvalue weighted by Crippen LogP contribution is 2.46. The lowest BCUT2D eigenvalue weighted by molar-refractivity contribution is 1.18. The summed E-state index contributed by atoms with van der Waals surface area (Å²) in [4.78, 5) is 9.29. The first-order valence-electron chi connectivity index (χ1n) is 47.8. The lowest BCUT2D eigenvalue weighted by Crippen LogP contribution is -2.10. The molecule has 0 radical (unpaired) electrons. The molecule has 662 valence electrons. The van der Waals surface area contributed by atoms with E-state index in [4.69, 9.17) is 0 Å². The Kier molecular flexibility index (Phi) is 23.9. The van der Waals surface area contributed by atoms with Crippen LogP contribution < -0.4 is 19.6 Å². The minimum absolute atomic E-state index is 1.12. The standard InChI is InChI=1S/C48H34N2.C44H32N2.C42H30N2/c1-3-11-35(12-4-1)38-23-29-42(30-24-38)49(41-13-5-2-6-14-41)43-31-25-39(26-32-43)36-19-21-37(22-20-36)40-27-33-44(34-28-40)50-47-17-9-7-15-45(47)46-16-8-10-18-48(46)50;1-3-17-37(18-4-1)45(43-23-11-15-35-13-7-9-21-41(35)43)39-29-25-33(26-30-39)34-27-31-40(32-28-34)46(38-19-5-2-6-20-38)44-24-12-16-36-14-8-10-22-42(36)44;1-3-11-35(12-4-1)43(36-13-5-2-6-14-36)37-27-23-33(24-28-37)31-19-21-32(22-20-31)34-25-29-38(30-26-34)44-41-17-9-7-15-39(41)40-16-8-10-18-42(40)44/h1-34H;1-32H;1-30H. The monoisotopic (exact) mass is 1790 g/mol. The molecule has 25 rings (SSSR count). The largest absolute Gasteiger partial charge is 0.311 e. The van der Waals surface area contributed by atoms with E-state index in [0.717, 1.165) is 68.2 Å². The third kappa shape index (κ3) is 17.5. The fraction of sp³-hybridized carbons (Fsp3) is 0. The SMILES string of the molecule is c1ccc(-c2ccc(N(c3ccccc3)c3ccc(-c4ccc(-c5ccc(-n6c7ccccc7c7ccccc76)cc5)cc4)cc3)cc2)cc1.c1ccc(N(c2ccc(-c3ccc(N(c4ccccc4)c4cccc5ccccc45)cc3)cc2)c2cccc3ccccc23)cc1.c1ccc(N(c2ccccc2)c2ccc(-c3ccc(-c4ccc(-n5c6ccccc6c6ccccc65)cc4)cc3)cc2)cc1. The molecule has 6 nitrogen and oxygen atoms in total. The van der Waals surface area contributed by atoms with E-state index in [1.807, 2.05) is 0 Å². The first kappa shape index (κ1) is 85.6. The number of para-hydroxylation sites is 9. The van der Waals surface area contributed by atoms with Gasteiger partial charge in [0.1, 0.15) is 0 Å². The Morgan fingerprint density at radius 3 is 0.521 bits per heavy atom. The van der Waals surface area contributed by atoms with Gasteiger partial charge in [-0.2, -0.15) is 0 Å². The Balaban J connectivity index is 0.000000117. The van der Waals surface area contributed by atoms with Crippen molar-refractivity contribution in [1.29, 1.82) is 0 Å². The smallest absolute Gasteiger partial charge is 0.0541 e. The molecule has 0 aliphatic carbocycles. The second-order valence-corrected chi connectivity index (χ2v) is 35.1. The van der Waals surface area contributed by atoms with E-state index in [0.29, 0.717) is 0 Å². The van der Waals surface area contributed by atoms with Gasteiger partial charge in [0.15, 0.2) is 0 Å². The van der Waals surface area contributed by atoms with E-state index in [-0.39, 0.29) is 0 Å². The molecule has 2 heterocycles. The van der Waals surface area contributed by atoms with Crippen LogP contribution in [0, 0.1) is 0 Å². The molecule has 0 unspecified atom stereocenters. The van der Waals surface area contributed by atoms with Crippen LogP contribution in [0.25, 0.3) is 143 Å². The fourth-order valence-corrected chi connectivity index (χ4v) is 19.8. The van der Waals surface area contributed by atoms with E-state index in [1.54, 1.807) is 0 Å². The molecule has 0 saturated carbocycles. The van der Waals surface area contributed by atoms with Gasteiger partial charge in [-0.15, -0.1) is 0 Å². The van der Waals surface area contributed by atoms with Crippen LogP contribution in [0.15, 0.2) is 582 Å². The zero-order valence-corrected chi connectivity index (χ0v) is 77.1. The molecular formula is C134H96N6. The molecule has 0 aliphatic rings. The van der Waals surface area contributed by atoms with Crippen molar-refractivity contribution in [2.75, 3.05) is 19.6 Å². The maximum atomic E-state index is 2.36. The molecule has 0 saturated heterocycles. The number of hydrogen-bond acceptors (Lipinski definition) is 4. The minimum Gasteiger partial charge on any atom is -0.311 e. The number of fused-ring (bicyclic) bond motifs is 8. The number of nitrogens with zero attached hydrogens (tertiary/aromatic N) is 6. The fourth-order valence-electron chi connectivity index (χ4n) is 19.8. The van der Waals surface area contributed by atoms with Crippen molar-refractivity contribution in [2.24, 2.45) is 0 Å². The Labute approximate surface area is 816 Å². The second-order valence-electron chi connectivity index (χ2n) is 35.1. The number of anilines is 12. The van der Waals surface area contributed by atoms with Crippen LogP contribution in [0.5, 0.6) is 0 Å². The normalized spacial score (nSPS) is 11.1. The van der Waals surface area contributed by atoms with Crippen molar-refractivity contribution in [3.05, 3.63) is 582 Å². The molecule has 23 aromatic carbocycles. The Morgan fingerprint density at radius 1 is 0.107 bits per heavy atom. The Hall–Kier alpha value is -18.6. The van der Waals surface area contributed by atoms with Gasteiger partial charge >= 0.3 is 0 Å². The first-order valence-corrected chi connectivity index (χ1v) is 47.8. The van der Waals surface area contributed by atoms with Gasteiger partial charge in [0.2, 0.25) is 0 Å². The zero-order valence-electron chi connectivity index (χ0n) is 77.1. The van der Waals surface area contributed by atoms with Crippen LogP contribution in [0.2, 0.25) is 0 Å². The highest BCUT2D eigenvalue weighted by Gasteiger charge is 2.22. The molecule has 140 heavy (non-hydrogen) atoms. The minimum atomic E-state index is 1.12. The van der Waals surface area contributed by atoms with Crippen molar-refractivity contribution < 1.29 is 0 Å². The molecule has 0 atom stereocenters. The van der Waals surface area contributed by atoms with Crippen LogP contribution in [0.3, 0.4) is 0 Å². The van der Waals surface area contributed by atoms with Crippen LogP contribution in [-0.2, 0) is 0 Å². The number of hydrogen-bond donors (Lipinski definition) is 0. The highest BCUT2D eigenvalue weighted by molar-refractivity contribution is 6.11. The zero-order chi connectivity index (χ0) is 93.3. The molecule has 0 fully saturated rings. The van der Waals surface area contributed by atoms with E-state index >= 15 is 0 Å². The molecule has 6 heteroatoms. The van der Waals surface area contributed by atoms with Crippen molar-refractivity contribution in [1.82, 2.24) is 9.13 Å². The summed E-state index contributed by atoms with van der Waals surface area (Å²) >= 11 is 0. The van der Waals surface area contributed by atoms with Crippen LogP contribution in [0.4, 0.5) is 68.2 Å². The summed E-state index contributed by atoms with van der Waals surface area (Å²) in [7, 11) is 0. The molecule has 0 spiro atoms. The molecule has 0 bridgehead atoms. The average Bonchev–Trinajstić information content (AvgIpc) is 1.59. The van der Waals surface area contributed by atoms with Gasteiger partial charge in [-0.3, -0.25) is 0 Å². The lowest BCUT2D eigenvalue weighted by Gasteiger charge is -2.27. The lowest BCUT2D eigenvalue weighted by atomic mass is 9.99. The number of aromatic nitrogens is 2. The molecule has 0 N–H and O–H groups in total. The summed E-state index contributed by atoms with van der Waals surface area (Å²) in [5.41, 5.74) is 35.2. The quantitative estimate of drug-likeness (QED) is 0.0758. The van der Waals surface area contributed by atoms with Gasteiger partial charge < -0.3 is 28.7 Å². The molecule has 0 aliphatic heterocycles. The van der Waals surface area contributed by atoms with Gasteiger partial charge in [0, 0.05) is 101 Å².